The Bertz CT molecular complexity index is 224. The van der Waals surface area contributed by atoms with E-state index in [1.165, 1.54) is 49.7 Å². The summed E-state index contributed by atoms with van der Waals surface area (Å²) in [7, 11) is 0. The normalized spacial score (nSPS) is 23.5. The molecule has 0 saturated heterocycles. The second-order valence-electron chi connectivity index (χ2n) is 5.93. The lowest BCUT2D eigenvalue weighted by Gasteiger charge is -2.27. The van der Waals surface area contributed by atoms with Crippen molar-refractivity contribution >= 4 is 0 Å². The van der Waals surface area contributed by atoms with Crippen LogP contribution in [0, 0.1) is 11.8 Å². The summed E-state index contributed by atoms with van der Waals surface area (Å²) in [6.07, 6.45) is 9.20. The van der Waals surface area contributed by atoms with Gasteiger partial charge in [0.1, 0.15) is 0 Å². The zero-order valence-corrected chi connectivity index (χ0v) is 12.5. The van der Waals surface area contributed by atoms with Gasteiger partial charge in [-0.15, -0.1) is 0 Å². The molecule has 0 heterocycles. The predicted octanol–water partition coefficient (Wildman–Crippen LogP) is 6.14. The maximum atomic E-state index is 4.15. The second kappa shape index (κ2) is 9.50. The van der Waals surface area contributed by atoms with Crippen LogP contribution in [0.2, 0.25) is 0 Å². The van der Waals surface area contributed by atoms with Crippen molar-refractivity contribution in [2.24, 2.45) is 11.8 Å². The average molecular weight is 236 g/mol. The molecule has 0 aromatic heterocycles. The van der Waals surface area contributed by atoms with Crippen LogP contribution >= 0.6 is 0 Å². The maximum absolute atomic E-state index is 4.15. The minimum absolute atomic E-state index is 0.908. The number of rotatable bonds is 4. The van der Waals surface area contributed by atoms with E-state index in [2.05, 4.69) is 40.9 Å². The fourth-order valence-electron chi connectivity index (χ4n) is 2.65. The summed E-state index contributed by atoms with van der Waals surface area (Å²) in [5.74, 6) is 1.84. The van der Waals surface area contributed by atoms with Gasteiger partial charge in [-0.3, -0.25) is 0 Å². The van der Waals surface area contributed by atoms with Gasteiger partial charge in [0.15, 0.2) is 0 Å². The molecule has 0 bridgehead atoms. The summed E-state index contributed by atoms with van der Waals surface area (Å²) in [4.78, 5) is 0. The van der Waals surface area contributed by atoms with Crippen LogP contribution in [0.3, 0.4) is 0 Å². The Morgan fingerprint density at radius 2 is 1.76 bits per heavy atom. The first-order valence-electron chi connectivity index (χ1n) is 7.30. The molecule has 0 heteroatoms. The number of hydrogen-bond acceptors (Lipinski definition) is 0. The van der Waals surface area contributed by atoms with E-state index in [0.29, 0.717) is 0 Å². The van der Waals surface area contributed by atoms with Crippen molar-refractivity contribution in [3.8, 4) is 0 Å². The van der Waals surface area contributed by atoms with E-state index in [0.717, 1.165) is 18.3 Å². The van der Waals surface area contributed by atoms with E-state index < -0.39 is 0 Å². The predicted molar refractivity (Wildman–Crippen MR) is 80.3 cm³/mol. The zero-order valence-electron chi connectivity index (χ0n) is 12.5. The molecule has 1 saturated carbocycles. The van der Waals surface area contributed by atoms with Crippen molar-refractivity contribution in [2.45, 2.75) is 72.6 Å². The van der Waals surface area contributed by atoms with Gasteiger partial charge in [0.2, 0.25) is 0 Å². The Morgan fingerprint density at radius 1 is 1.18 bits per heavy atom. The molecule has 0 spiro atoms. The molecule has 0 N–H and O–H groups in total. The van der Waals surface area contributed by atoms with Crippen LogP contribution in [0.4, 0.5) is 0 Å². The van der Waals surface area contributed by atoms with Crippen molar-refractivity contribution in [1.29, 1.82) is 0 Å². The minimum atomic E-state index is 0.908. The Morgan fingerprint density at radius 3 is 2.24 bits per heavy atom. The fourth-order valence-corrected chi connectivity index (χ4v) is 2.65. The molecule has 0 aromatic rings. The van der Waals surface area contributed by atoms with Crippen molar-refractivity contribution in [2.75, 3.05) is 0 Å². The van der Waals surface area contributed by atoms with E-state index in [1.54, 1.807) is 0 Å². The van der Waals surface area contributed by atoms with Gasteiger partial charge >= 0.3 is 0 Å². The van der Waals surface area contributed by atoms with Crippen LogP contribution < -0.4 is 0 Å². The standard InChI is InChI=1S/C14H24.C3H8/c1-11(2)8-13(4)10-14-7-5-6-12(3)9-14;1-3-2/h12,14H,1,4-10H2,2-3H3;3H2,1-2H3/t12?,14-;/m0./s1. The third-order valence-corrected chi connectivity index (χ3v) is 3.17. The summed E-state index contributed by atoms with van der Waals surface area (Å²) >= 11 is 0. The largest absolute Gasteiger partial charge is 0.0998 e. The van der Waals surface area contributed by atoms with Crippen LogP contribution in [0.25, 0.3) is 0 Å². The lowest BCUT2D eigenvalue weighted by Crippen LogP contribution is -2.13. The first kappa shape index (κ1) is 16.5. The molecule has 0 amide bonds. The highest BCUT2D eigenvalue weighted by atomic mass is 14.2. The van der Waals surface area contributed by atoms with E-state index in [1.807, 2.05) is 0 Å². The van der Waals surface area contributed by atoms with E-state index in [-0.39, 0.29) is 0 Å². The third-order valence-electron chi connectivity index (χ3n) is 3.17. The molecule has 1 rings (SSSR count). The van der Waals surface area contributed by atoms with Crippen molar-refractivity contribution in [1.82, 2.24) is 0 Å². The molecule has 1 aliphatic rings. The lowest BCUT2D eigenvalue weighted by atomic mass is 9.79. The van der Waals surface area contributed by atoms with Gasteiger partial charge in [-0.2, -0.15) is 0 Å². The quantitative estimate of drug-likeness (QED) is 0.514. The molecular formula is C17H32. The highest BCUT2D eigenvalue weighted by Crippen LogP contribution is 2.33. The Balaban J connectivity index is 0.000000770. The highest BCUT2D eigenvalue weighted by Gasteiger charge is 2.19. The molecule has 0 aromatic carbocycles. The molecule has 1 unspecified atom stereocenters. The van der Waals surface area contributed by atoms with Crippen molar-refractivity contribution in [3.05, 3.63) is 24.3 Å². The second-order valence-corrected chi connectivity index (χ2v) is 5.93. The minimum Gasteiger partial charge on any atom is -0.0998 e. The monoisotopic (exact) mass is 236 g/mol. The molecule has 1 fully saturated rings. The average Bonchev–Trinajstić information content (AvgIpc) is 2.16. The first-order chi connectivity index (χ1) is 7.99. The molecule has 0 aliphatic heterocycles. The van der Waals surface area contributed by atoms with Gasteiger partial charge in [-0.1, -0.05) is 70.8 Å². The smallest absolute Gasteiger partial charge is 0.0117 e. The van der Waals surface area contributed by atoms with Crippen molar-refractivity contribution < 1.29 is 0 Å². The Labute approximate surface area is 109 Å². The maximum Gasteiger partial charge on any atom is -0.0117 e. The number of allylic oxidation sites excluding steroid dienone is 2. The summed E-state index contributed by atoms with van der Waals surface area (Å²) in [6, 6.07) is 0. The molecule has 1 aliphatic carbocycles. The van der Waals surface area contributed by atoms with Gasteiger partial charge in [0.05, 0.1) is 0 Å². The lowest BCUT2D eigenvalue weighted by molar-refractivity contribution is 0.280. The molecule has 0 nitrogen and oxygen atoms in total. The van der Waals surface area contributed by atoms with E-state index in [4.69, 9.17) is 0 Å². The van der Waals surface area contributed by atoms with Crippen LogP contribution in [0.1, 0.15) is 72.6 Å². The van der Waals surface area contributed by atoms with Crippen LogP contribution in [0.15, 0.2) is 24.3 Å². The third kappa shape index (κ3) is 9.21. The van der Waals surface area contributed by atoms with E-state index in [9.17, 15) is 0 Å². The molecule has 100 valence electrons. The van der Waals surface area contributed by atoms with Gasteiger partial charge < -0.3 is 0 Å². The van der Waals surface area contributed by atoms with Crippen LogP contribution in [-0.2, 0) is 0 Å². The SMILES string of the molecule is C=C(C)CC(=C)C[C@H]1CCCC(C)C1.CCC. The first-order valence-corrected chi connectivity index (χ1v) is 7.30. The fraction of sp³-hybridized carbons (Fsp3) is 0.765. The van der Waals surface area contributed by atoms with Gasteiger partial charge in [0, 0.05) is 0 Å². The van der Waals surface area contributed by atoms with Gasteiger partial charge in [0.25, 0.3) is 0 Å². The molecule has 17 heavy (non-hydrogen) atoms. The molecule has 2 atom stereocenters. The van der Waals surface area contributed by atoms with E-state index >= 15 is 0 Å². The van der Waals surface area contributed by atoms with Gasteiger partial charge in [-0.05, 0) is 38.0 Å². The molecular weight excluding hydrogens is 204 g/mol. The number of hydrogen-bond donors (Lipinski definition) is 0. The topological polar surface area (TPSA) is 0 Å². The Kier molecular flexibility index (Phi) is 9.21. The van der Waals surface area contributed by atoms with Gasteiger partial charge in [-0.25, -0.2) is 0 Å². The Hall–Kier alpha value is -0.520. The summed E-state index contributed by atoms with van der Waals surface area (Å²) in [6.45, 7) is 16.8. The summed E-state index contributed by atoms with van der Waals surface area (Å²) in [5.41, 5.74) is 2.63. The highest BCUT2D eigenvalue weighted by molar-refractivity contribution is 5.08. The van der Waals surface area contributed by atoms with Crippen LogP contribution in [0.5, 0.6) is 0 Å². The molecule has 0 radical (unpaired) electrons. The zero-order chi connectivity index (χ0) is 13.3. The van der Waals surface area contributed by atoms with Crippen molar-refractivity contribution in [3.63, 3.8) is 0 Å². The summed E-state index contributed by atoms with van der Waals surface area (Å²) in [5, 5.41) is 0. The van der Waals surface area contributed by atoms with Crippen LogP contribution in [-0.4, -0.2) is 0 Å². The summed E-state index contributed by atoms with van der Waals surface area (Å²) < 4.78 is 0.